The number of rotatable bonds is 10. The van der Waals surface area contributed by atoms with Crippen molar-refractivity contribution < 1.29 is 34.1 Å². The number of nitrogens with one attached hydrogen (secondary N) is 1. The van der Waals surface area contributed by atoms with Gasteiger partial charge in [0, 0.05) is 23.9 Å². The van der Waals surface area contributed by atoms with Gasteiger partial charge < -0.3 is 30.9 Å². The standard InChI is InChI=1S/C16H17NO3.C15H16N2O4S/c17-15(16(18)19)10-12-6-8-14(9-7-12)20-11-13-4-2-1-3-5-13;1-9(18)16-11-4-2-10(3-5-11)6-14(19)17-8-12(22)7-13(17)15(20)21/h1-9,15H,10-11,17H2,(H,18,19);2-5,13H,6-8H2,1H3,(H,16,18)(H,20,21)/t15-;13-/m00/s1. The number of carbonyl (C=O) groups excluding carboxylic acids is 2. The average Bonchev–Trinajstić information content (AvgIpc) is 3.36. The number of thiocarbonyl (C=S) groups is 1. The summed E-state index contributed by atoms with van der Waals surface area (Å²) in [7, 11) is 0. The van der Waals surface area contributed by atoms with Gasteiger partial charge in [-0.3, -0.25) is 14.4 Å². The fourth-order valence-electron chi connectivity index (χ4n) is 4.16. The number of amides is 2. The molecular weight excluding hydrogens is 558 g/mol. The summed E-state index contributed by atoms with van der Waals surface area (Å²) in [4.78, 5) is 47.0. The maximum Gasteiger partial charge on any atom is 0.326 e. The van der Waals surface area contributed by atoms with Gasteiger partial charge in [-0.15, -0.1) is 0 Å². The topological polar surface area (TPSA) is 159 Å². The fourth-order valence-corrected chi connectivity index (χ4v) is 4.46. The lowest BCUT2D eigenvalue weighted by atomic mass is 10.1. The first kappa shape index (κ1) is 31.9. The molecule has 220 valence electrons. The van der Waals surface area contributed by atoms with Gasteiger partial charge in [-0.1, -0.05) is 66.8 Å². The summed E-state index contributed by atoms with van der Waals surface area (Å²) in [6.07, 6.45) is 0.652. The van der Waals surface area contributed by atoms with Crippen molar-refractivity contribution in [2.75, 3.05) is 11.9 Å². The third-order valence-corrected chi connectivity index (χ3v) is 6.62. The van der Waals surface area contributed by atoms with Gasteiger partial charge in [0.15, 0.2) is 0 Å². The molecule has 3 aromatic rings. The van der Waals surface area contributed by atoms with Crippen LogP contribution in [0.3, 0.4) is 0 Å². The Hall–Kier alpha value is -4.61. The summed E-state index contributed by atoms with van der Waals surface area (Å²) in [5.41, 5.74) is 8.87. The molecule has 0 saturated carbocycles. The number of nitrogens with zero attached hydrogens (tertiary/aromatic N) is 1. The largest absolute Gasteiger partial charge is 0.489 e. The Morgan fingerprint density at radius 2 is 1.57 bits per heavy atom. The van der Waals surface area contributed by atoms with E-state index in [2.05, 4.69) is 5.32 Å². The highest BCUT2D eigenvalue weighted by molar-refractivity contribution is 7.80. The molecule has 0 aliphatic carbocycles. The molecular formula is C31H33N3O7S. The van der Waals surface area contributed by atoms with E-state index in [0.717, 1.165) is 22.4 Å². The number of nitrogens with two attached hydrogens (primary N) is 1. The molecule has 0 aromatic heterocycles. The first-order valence-corrected chi connectivity index (χ1v) is 13.6. The van der Waals surface area contributed by atoms with Crippen LogP contribution < -0.4 is 15.8 Å². The molecule has 1 aliphatic rings. The van der Waals surface area contributed by atoms with Crippen molar-refractivity contribution in [3.8, 4) is 5.75 Å². The molecule has 5 N–H and O–H groups in total. The number of likely N-dealkylation sites (tertiary alicyclic amines) is 1. The van der Waals surface area contributed by atoms with E-state index in [1.54, 1.807) is 24.3 Å². The highest BCUT2D eigenvalue weighted by Crippen LogP contribution is 2.19. The minimum atomic E-state index is -1.03. The monoisotopic (exact) mass is 591 g/mol. The van der Waals surface area contributed by atoms with Gasteiger partial charge >= 0.3 is 11.9 Å². The van der Waals surface area contributed by atoms with Gasteiger partial charge in [-0.2, -0.15) is 0 Å². The van der Waals surface area contributed by atoms with E-state index in [1.165, 1.54) is 11.8 Å². The summed E-state index contributed by atoms with van der Waals surface area (Å²) in [5, 5.41) is 20.5. The number of carboxylic acid groups (broad SMARTS) is 2. The zero-order chi connectivity index (χ0) is 30.6. The van der Waals surface area contributed by atoms with Gasteiger partial charge in [0.05, 0.1) is 13.0 Å². The third-order valence-electron chi connectivity index (χ3n) is 6.32. The molecule has 2 atom stereocenters. The number of carboxylic acids is 2. The quantitative estimate of drug-likeness (QED) is 0.259. The summed E-state index contributed by atoms with van der Waals surface area (Å²) in [6, 6.07) is 22.4. The number of benzene rings is 3. The van der Waals surface area contributed by atoms with Crippen LogP contribution in [0, 0.1) is 0 Å². The maximum absolute atomic E-state index is 12.3. The second-order valence-corrected chi connectivity index (χ2v) is 10.3. The Bertz CT molecular complexity index is 1400. The third kappa shape index (κ3) is 10.1. The SMILES string of the molecule is CC(=O)Nc1ccc(CC(=O)N2CC(=S)C[C@H]2C(=O)O)cc1.N[C@@H](Cc1ccc(OCc2ccccc2)cc1)C(=O)O. The highest BCUT2D eigenvalue weighted by Gasteiger charge is 2.36. The lowest BCUT2D eigenvalue weighted by Gasteiger charge is -2.20. The van der Waals surface area contributed by atoms with E-state index < -0.39 is 24.0 Å². The molecule has 1 saturated heterocycles. The molecule has 1 fully saturated rings. The Balaban J connectivity index is 0.000000231. The Kier molecular flexibility index (Phi) is 11.7. The first-order valence-electron chi connectivity index (χ1n) is 13.2. The van der Waals surface area contributed by atoms with Gasteiger partial charge in [0.2, 0.25) is 11.8 Å². The van der Waals surface area contributed by atoms with E-state index in [9.17, 15) is 19.2 Å². The van der Waals surface area contributed by atoms with Crippen LogP contribution in [-0.4, -0.2) is 62.4 Å². The second-order valence-electron chi connectivity index (χ2n) is 9.74. The van der Waals surface area contributed by atoms with E-state index in [4.69, 9.17) is 32.9 Å². The number of carbonyl (C=O) groups is 4. The molecule has 1 aliphatic heterocycles. The normalized spacial score (nSPS) is 14.8. The maximum atomic E-state index is 12.3. The van der Waals surface area contributed by atoms with Gasteiger partial charge in [-0.05, 0) is 47.4 Å². The number of hydrogen-bond acceptors (Lipinski definition) is 7. The van der Waals surface area contributed by atoms with Crippen LogP contribution in [-0.2, 0) is 38.6 Å². The first-order chi connectivity index (χ1) is 20.0. The van der Waals surface area contributed by atoms with Crippen LogP contribution in [0.2, 0.25) is 0 Å². The average molecular weight is 592 g/mol. The van der Waals surface area contributed by atoms with Crippen molar-refractivity contribution in [2.45, 2.75) is 44.9 Å². The van der Waals surface area contributed by atoms with Crippen molar-refractivity contribution in [1.82, 2.24) is 4.90 Å². The van der Waals surface area contributed by atoms with Crippen molar-refractivity contribution in [3.05, 3.63) is 95.6 Å². The van der Waals surface area contributed by atoms with E-state index >= 15 is 0 Å². The lowest BCUT2D eigenvalue weighted by molar-refractivity contribution is -0.148. The van der Waals surface area contributed by atoms with Crippen molar-refractivity contribution in [2.24, 2.45) is 5.73 Å². The summed E-state index contributed by atoms with van der Waals surface area (Å²) in [5.74, 6) is -1.71. The van der Waals surface area contributed by atoms with Crippen molar-refractivity contribution in [1.29, 1.82) is 0 Å². The number of aliphatic carboxylic acids is 2. The summed E-state index contributed by atoms with van der Waals surface area (Å²) >= 11 is 5.04. The minimum Gasteiger partial charge on any atom is -0.489 e. The zero-order valence-electron chi connectivity index (χ0n) is 23.1. The van der Waals surface area contributed by atoms with Crippen LogP contribution in [0.25, 0.3) is 0 Å². The number of hydrogen-bond donors (Lipinski definition) is 4. The van der Waals surface area contributed by atoms with Crippen LogP contribution in [0.4, 0.5) is 5.69 Å². The Labute approximate surface area is 249 Å². The van der Waals surface area contributed by atoms with Crippen LogP contribution >= 0.6 is 12.2 Å². The van der Waals surface area contributed by atoms with Crippen LogP contribution in [0.15, 0.2) is 78.9 Å². The van der Waals surface area contributed by atoms with E-state index in [0.29, 0.717) is 23.6 Å². The molecule has 42 heavy (non-hydrogen) atoms. The van der Waals surface area contributed by atoms with Gasteiger partial charge in [-0.25, -0.2) is 4.79 Å². The second kappa shape index (κ2) is 15.4. The predicted octanol–water partition coefficient (Wildman–Crippen LogP) is 3.46. The molecule has 0 spiro atoms. The molecule has 10 nitrogen and oxygen atoms in total. The predicted molar refractivity (Wildman–Crippen MR) is 161 cm³/mol. The number of anilines is 1. The summed E-state index contributed by atoms with van der Waals surface area (Å²) in [6.45, 7) is 2.14. The van der Waals surface area contributed by atoms with E-state index in [-0.39, 0.29) is 31.2 Å². The molecule has 1 heterocycles. The highest BCUT2D eigenvalue weighted by atomic mass is 32.1. The molecule has 11 heteroatoms. The Morgan fingerprint density at radius 3 is 2.14 bits per heavy atom. The van der Waals surface area contributed by atoms with Crippen molar-refractivity contribution >= 4 is 46.5 Å². The fraction of sp³-hybridized carbons (Fsp3) is 0.258. The summed E-state index contributed by atoms with van der Waals surface area (Å²) < 4.78 is 5.65. The zero-order valence-corrected chi connectivity index (χ0v) is 23.9. The van der Waals surface area contributed by atoms with Gasteiger partial charge in [0.1, 0.15) is 24.4 Å². The number of ether oxygens (including phenoxy) is 1. The van der Waals surface area contributed by atoms with Crippen LogP contribution in [0.5, 0.6) is 5.75 Å². The van der Waals surface area contributed by atoms with Gasteiger partial charge in [0.25, 0.3) is 0 Å². The van der Waals surface area contributed by atoms with Crippen molar-refractivity contribution in [3.63, 3.8) is 0 Å². The molecule has 0 unspecified atom stereocenters. The minimum absolute atomic E-state index is 0.104. The molecule has 2 amide bonds. The Morgan fingerprint density at radius 1 is 0.952 bits per heavy atom. The molecule has 0 radical (unpaired) electrons. The van der Waals surface area contributed by atoms with E-state index in [1.807, 2.05) is 54.6 Å². The molecule has 0 bridgehead atoms. The molecule has 3 aromatic carbocycles. The molecule has 4 rings (SSSR count). The lowest BCUT2D eigenvalue weighted by Crippen LogP contribution is -2.41. The van der Waals surface area contributed by atoms with Crippen LogP contribution in [0.1, 0.15) is 30.0 Å². The smallest absolute Gasteiger partial charge is 0.326 e.